The van der Waals surface area contributed by atoms with E-state index in [-0.39, 0.29) is 61.7 Å². The quantitative estimate of drug-likeness (QED) is 0.0172. The average molecular weight is 954 g/mol. The fourth-order valence-corrected chi connectivity index (χ4v) is 9.69. The van der Waals surface area contributed by atoms with Gasteiger partial charge in [0.2, 0.25) is 33.7 Å². The molecule has 0 radical (unpaired) electrons. The summed E-state index contributed by atoms with van der Waals surface area (Å²) in [5, 5.41) is 31.1. The molecule has 0 bridgehead atoms. The maximum absolute atomic E-state index is 14.4. The summed E-state index contributed by atoms with van der Waals surface area (Å²) in [7, 11) is -0.861. The number of guanidine groups is 1. The first-order valence-electron chi connectivity index (χ1n) is 21.8. The van der Waals surface area contributed by atoms with Crippen LogP contribution < -0.4 is 37.0 Å². The van der Waals surface area contributed by atoms with Gasteiger partial charge in [-0.15, -0.1) is 0 Å². The molecule has 0 saturated carbocycles. The second kappa shape index (κ2) is 21.8. The van der Waals surface area contributed by atoms with Crippen molar-refractivity contribution in [1.29, 1.82) is 0 Å². The number of sulfonamides is 1. The summed E-state index contributed by atoms with van der Waals surface area (Å²) in [6, 6.07) is 15.9. The molecular formula is C46H55N11O10S. The number of hydrogen-bond donors (Lipinski definition) is 8. The number of aliphatic imine (C=N–C) groups is 1. The number of nitro benzene ring substituents is 1. The molecule has 4 aromatic carbocycles. The van der Waals surface area contributed by atoms with Crippen molar-refractivity contribution in [2.75, 3.05) is 32.1 Å². The zero-order valence-electron chi connectivity index (χ0n) is 37.7. The number of amides is 4. The number of carboxylic acids is 1. The van der Waals surface area contributed by atoms with Crippen molar-refractivity contribution in [1.82, 2.24) is 30.6 Å². The van der Waals surface area contributed by atoms with E-state index in [9.17, 15) is 47.6 Å². The van der Waals surface area contributed by atoms with Crippen LogP contribution in [0.4, 0.5) is 11.4 Å². The van der Waals surface area contributed by atoms with Gasteiger partial charge in [0.05, 0.1) is 9.82 Å². The second-order valence-electron chi connectivity index (χ2n) is 16.7. The van der Waals surface area contributed by atoms with Gasteiger partial charge in [0.25, 0.3) is 5.69 Å². The number of rotatable bonds is 21. The number of H-pyrrole nitrogens is 1. The topological polar surface area (TPSA) is 318 Å². The number of fused-ring (bicyclic) bond motifs is 2. The lowest BCUT2D eigenvalue weighted by molar-refractivity contribution is -0.384. The number of likely N-dealkylation sites (tertiary alicyclic amines) is 1. The average Bonchev–Trinajstić information content (AvgIpc) is 3.96. The van der Waals surface area contributed by atoms with Crippen LogP contribution in [0.2, 0.25) is 0 Å². The van der Waals surface area contributed by atoms with Crippen LogP contribution in [0.1, 0.15) is 43.7 Å². The van der Waals surface area contributed by atoms with Gasteiger partial charge < -0.3 is 47.3 Å². The molecule has 4 amide bonds. The van der Waals surface area contributed by atoms with Crippen molar-refractivity contribution in [3.8, 4) is 0 Å². The van der Waals surface area contributed by atoms with Gasteiger partial charge in [0.1, 0.15) is 30.2 Å². The molecule has 0 unspecified atom stereocenters. The lowest BCUT2D eigenvalue weighted by atomic mass is 10.0. The van der Waals surface area contributed by atoms with Crippen LogP contribution in [0, 0.1) is 10.1 Å². The molecule has 1 fully saturated rings. The number of para-hydroxylation sites is 1. The number of hydrogen-bond acceptors (Lipinski definition) is 11. The van der Waals surface area contributed by atoms with Gasteiger partial charge in [-0.2, -0.15) is 4.72 Å². The van der Waals surface area contributed by atoms with Crippen molar-refractivity contribution < 1.29 is 42.4 Å². The maximum atomic E-state index is 14.4. The largest absolute Gasteiger partial charge is 0.480 e. The highest BCUT2D eigenvalue weighted by atomic mass is 32.2. The van der Waals surface area contributed by atoms with Crippen LogP contribution >= 0.6 is 0 Å². The second-order valence-corrected chi connectivity index (χ2v) is 18.4. The first-order chi connectivity index (χ1) is 32.3. The highest BCUT2D eigenvalue weighted by molar-refractivity contribution is 7.89. The van der Waals surface area contributed by atoms with E-state index in [1.54, 1.807) is 30.5 Å². The van der Waals surface area contributed by atoms with E-state index < -0.39 is 74.8 Å². The minimum absolute atomic E-state index is 0.0224. The van der Waals surface area contributed by atoms with E-state index >= 15 is 0 Å². The summed E-state index contributed by atoms with van der Waals surface area (Å²) < 4.78 is 31.1. The summed E-state index contributed by atoms with van der Waals surface area (Å²) in [4.78, 5) is 89.3. The van der Waals surface area contributed by atoms with Crippen molar-refractivity contribution in [3.05, 3.63) is 112 Å². The van der Waals surface area contributed by atoms with Crippen molar-refractivity contribution in [2.45, 2.75) is 80.6 Å². The number of anilines is 1. The summed E-state index contributed by atoms with van der Waals surface area (Å²) in [6.45, 7) is 1.60. The number of nitrogens with zero attached hydrogens (tertiary/aromatic N) is 4. The zero-order valence-corrected chi connectivity index (χ0v) is 38.5. The molecule has 21 nitrogen and oxygen atoms in total. The Hall–Kier alpha value is -7.59. The maximum Gasteiger partial charge on any atom is 0.326 e. The minimum atomic E-state index is -4.49. The Bertz CT molecular complexity index is 2830. The Balaban J connectivity index is 1.21. The highest BCUT2D eigenvalue weighted by Crippen LogP contribution is 2.31. The van der Waals surface area contributed by atoms with Gasteiger partial charge in [-0.1, -0.05) is 54.6 Å². The number of benzene rings is 4. The normalized spacial score (nSPS) is 15.5. The number of aliphatic carboxylic acids is 1. The zero-order chi connectivity index (χ0) is 49.3. The van der Waals surface area contributed by atoms with E-state index in [2.05, 4.69) is 30.6 Å². The standard InChI is InChI=1S/C46H55N11O10S/c1-27(44(61)56-23-9-16-39(56)43(60)53-37(45(62)63)25-29-26-50-34-13-5-4-10-31(29)34)51-41(58)35(14-8-22-49-46(47)48)52-42(59)36(24-28-18-20-30(21-19-28)57(64)65)54-68(66,67)40-17-7-11-32-33(40)12-6-15-38(32)55(2)3/h4-7,10-13,15,17-21,26-27,35-37,39,50,54H,8-9,14,16,22-25H2,1-3H3,(H,51,58)(H,52,59)(H,53,60)(H,62,63)(H4,47,48,49)/t27-,35-,36-,37-,39-/m0/s1. The number of nitrogens with one attached hydrogen (secondary N) is 5. The Morgan fingerprint density at radius 3 is 2.25 bits per heavy atom. The van der Waals surface area contributed by atoms with Gasteiger partial charge in [-0.3, -0.25) is 34.3 Å². The summed E-state index contributed by atoms with van der Waals surface area (Å²) in [5.41, 5.74) is 13.4. The molecule has 1 aliphatic rings. The molecule has 5 atom stereocenters. The van der Waals surface area contributed by atoms with Gasteiger partial charge in [0, 0.05) is 79.3 Å². The number of carbonyl (C=O) groups excluding carboxylic acids is 4. The van der Waals surface area contributed by atoms with Crippen molar-refractivity contribution in [2.24, 2.45) is 16.5 Å². The van der Waals surface area contributed by atoms with Crippen molar-refractivity contribution >= 4 is 78.6 Å². The van der Waals surface area contributed by atoms with Crippen LogP contribution in [-0.4, -0.2) is 121 Å². The summed E-state index contributed by atoms with van der Waals surface area (Å²) >= 11 is 0. The van der Waals surface area contributed by atoms with Gasteiger partial charge in [-0.05, 0) is 68.4 Å². The van der Waals surface area contributed by atoms with E-state index in [1.807, 2.05) is 49.3 Å². The third-order valence-corrected chi connectivity index (χ3v) is 13.2. The smallest absolute Gasteiger partial charge is 0.326 e. The molecule has 2 heterocycles. The molecule has 1 aromatic heterocycles. The fraction of sp³-hybridized carbons (Fsp3) is 0.348. The SMILES string of the molecule is C[C@H](NC(=O)[C@H](CCCN=C(N)N)NC(=O)[C@H](Cc1ccc([N+](=O)[O-])cc1)NS(=O)(=O)c1cccc2c(N(C)C)cccc12)C(=O)N1CCC[C@H]1C(=O)N[C@@H](Cc1c[nH]c2ccccc12)C(=O)O. The van der Waals surface area contributed by atoms with E-state index in [0.29, 0.717) is 28.3 Å². The van der Waals surface area contributed by atoms with Gasteiger partial charge in [-0.25, -0.2) is 13.2 Å². The van der Waals surface area contributed by atoms with Crippen LogP contribution in [0.25, 0.3) is 21.7 Å². The first-order valence-corrected chi connectivity index (χ1v) is 23.3. The Labute approximate surface area is 391 Å². The van der Waals surface area contributed by atoms with Gasteiger partial charge in [0.15, 0.2) is 5.96 Å². The molecule has 6 rings (SSSR count). The fourth-order valence-electron chi connectivity index (χ4n) is 8.28. The summed E-state index contributed by atoms with van der Waals surface area (Å²) in [5.74, 6) is -4.54. The molecule has 5 aromatic rings. The lowest BCUT2D eigenvalue weighted by Gasteiger charge is -2.29. The first kappa shape index (κ1) is 49.8. The number of aromatic nitrogens is 1. The molecule has 68 heavy (non-hydrogen) atoms. The van der Waals surface area contributed by atoms with Crippen LogP contribution in [0.15, 0.2) is 101 Å². The van der Waals surface area contributed by atoms with Crippen LogP contribution in [0.3, 0.4) is 0 Å². The van der Waals surface area contributed by atoms with Gasteiger partial charge >= 0.3 is 5.97 Å². The number of non-ortho nitro benzene ring substituents is 1. The van der Waals surface area contributed by atoms with Crippen molar-refractivity contribution in [3.63, 3.8) is 0 Å². The summed E-state index contributed by atoms with van der Waals surface area (Å²) in [6.07, 6.45) is 2.11. The lowest BCUT2D eigenvalue weighted by Crippen LogP contribution is -2.58. The van der Waals surface area contributed by atoms with E-state index in [4.69, 9.17) is 11.5 Å². The monoisotopic (exact) mass is 953 g/mol. The number of aromatic amines is 1. The molecule has 10 N–H and O–H groups in total. The molecular weight excluding hydrogens is 899 g/mol. The predicted octanol–water partition coefficient (Wildman–Crippen LogP) is 2.03. The van der Waals surface area contributed by atoms with E-state index in [0.717, 1.165) is 16.6 Å². The Morgan fingerprint density at radius 1 is 0.882 bits per heavy atom. The minimum Gasteiger partial charge on any atom is -0.480 e. The molecule has 1 saturated heterocycles. The number of carbonyl (C=O) groups is 5. The molecule has 360 valence electrons. The molecule has 22 heteroatoms. The molecule has 0 spiro atoms. The third-order valence-electron chi connectivity index (χ3n) is 11.7. The number of nitro groups is 1. The van der Waals surface area contributed by atoms with Crippen LogP contribution in [-0.2, 0) is 46.8 Å². The molecule has 1 aliphatic heterocycles. The highest BCUT2D eigenvalue weighted by Gasteiger charge is 2.39. The molecule has 0 aliphatic carbocycles. The van der Waals surface area contributed by atoms with E-state index in [1.165, 1.54) is 42.2 Å². The predicted molar refractivity (Wildman–Crippen MR) is 255 cm³/mol. The van der Waals surface area contributed by atoms with Crippen LogP contribution in [0.5, 0.6) is 0 Å². The Morgan fingerprint density at radius 2 is 1.56 bits per heavy atom. The third kappa shape index (κ3) is 12.0. The Kier molecular flexibility index (Phi) is 16.0. The number of nitrogens with two attached hydrogens (primary N) is 2. The number of carboxylic acid groups (broad SMARTS) is 1.